The molecule has 0 radical (unpaired) electrons. The molecule has 0 saturated heterocycles. The van der Waals surface area contributed by atoms with E-state index in [1.54, 1.807) is 30.5 Å². The minimum Gasteiger partial charge on any atom is -0.461 e. The maximum atomic E-state index is 12.2. The number of thioether (sulfide) groups is 1. The van der Waals surface area contributed by atoms with Crippen molar-refractivity contribution in [2.24, 2.45) is 0 Å². The fourth-order valence-corrected chi connectivity index (χ4v) is 3.34. The summed E-state index contributed by atoms with van der Waals surface area (Å²) in [6, 6.07) is 9.62. The van der Waals surface area contributed by atoms with Crippen LogP contribution in [0.5, 0.6) is 0 Å². The molecule has 0 aliphatic heterocycles. The van der Waals surface area contributed by atoms with Crippen molar-refractivity contribution in [3.8, 4) is 11.6 Å². The highest BCUT2D eigenvalue weighted by Crippen LogP contribution is 2.28. The number of nitro benzene ring substituents is 1. The van der Waals surface area contributed by atoms with Gasteiger partial charge in [-0.25, -0.2) is 0 Å². The number of carbonyl (C=O) groups is 1. The number of rotatable bonds is 7. The lowest BCUT2D eigenvalue weighted by molar-refractivity contribution is -0.383. The van der Waals surface area contributed by atoms with Crippen LogP contribution in [0.1, 0.15) is 19.9 Å². The van der Waals surface area contributed by atoms with Crippen molar-refractivity contribution in [3.63, 3.8) is 0 Å². The molecule has 2 aromatic heterocycles. The van der Waals surface area contributed by atoms with Gasteiger partial charge < -0.3 is 9.73 Å². The van der Waals surface area contributed by atoms with Crippen molar-refractivity contribution in [2.75, 3.05) is 11.1 Å². The van der Waals surface area contributed by atoms with Crippen LogP contribution >= 0.6 is 11.8 Å². The number of aromatic nitrogens is 3. The van der Waals surface area contributed by atoms with Gasteiger partial charge in [-0.3, -0.25) is 19.5 Å². The van der Waals surface area contributed by atoms with Gasteiger partial charge in [0.2, 0.25) is 11.7 Å². The van der Waals surface area contributed by atoms with Gasteiger partial charge in [-0.1, -0.05) is 23.9 Å². The Morgan fingerprint density at radius 3 is 2.74 bits per heavy atom. The van der Waals surface area contributed by atoms with Crippen LogP contribution in [0, 0.1) is 10.1 Å². The Kier molecular flexibility index (Phi) is 5.55. The molecule has 140 valence electrons. The second-order valence-corrected chi connectivity index (χ2v) is 6.80. The smallest absolute Gasteiger partial charge is 0.292 e. The predicted molar refractivity (Wildman–Crippen MR) is 101 cm³/mol. The fraction of sp³-hybridized carbons (Fsp3) is 0.235. The number of nitrogens with zero attached hydrogens (tertiary/aromatic N) is 4. The number of nitro groups is 1. The third-order valence-corrected chi connectivity index (χ3v) is 4.57. The third kappa shape index (κ3) is 4.17. The number of nitrogens with one attached hydrogen (secondary N) is 1. The lowest BCUT2D eigenvalue weighted by atomic mass is 10.2. The van der Waals surface area contributed by atoms with Gasteiger partial charge in [0, 0.05) is 12.1 Å². The molecule has 1 aromatic carbocycles. The summed E-state index contributed by atoms with van der Waals surface area (Å²) >= 11 is 1.20. The van der Waals surface area contributed by atoms with Gasteiger partial charge in [-0.05, 0) is 32.0 Å². The van der Waals surface area contributed by atoms with E-state index in [-0.39, 0.29) is 29.1 Å². The van der Waals surface area contributed by atoms with Crippen LogP contribution < -0.4 is 5.32 Å². The molecule has 0 spiro atoms. The average Bonchev–Trinajstić information content (AvgIpc) is 3.29. The third-order valence-electron chi connectivity index (χ3n) is 3.63. The molecule has 1 N–H and O–H groups in total. The Hall–Kier alpha value is -3.14. The highest BCUT2D eigenvalue weighted by molar-refractivity contribution is 7.99. The van der Waals surface area contributed by atoms with Gasteiger partial charge in [-0.2, -0.15) is 0 Å². The van der Waals surface area contributed by atoms with Gasteiger partial charge in [0.15, 0.2) is 10.9 Å². The van der Waals surface area contributed by atoms with E-state index in [1.165, 1.54) is 23.9 Å². The Balaban J connectivity index is 1.72. The van der Waals surface area contributed by atoms with Crippen molar-refractivity contribution in [1.29, 1.82) is 0 Å². The van der Waals surface area contributed by atoms with Crippen LogP contribution in [0.15, 0.2) is 52.2 Å². The molecule has 3 aromatic rings. The summed E-state index contributed by atoms with van der Waals surface area (Å²) in [4.78, 5) is 22.7. The van der Waals surface area contributed by atoms with E-state index in [0.717, 1.165) is 0 Å². The quantitative estimate of drug-likeness (QED) is 0.373. The Morgan fingerprint density at radius 1 is 1.30 bits per heavy atom. The van der Waals surface area contributed by atoms with Crippen molar-refractivity contribution in [2.45, 2.75) is 25.0 Å². The lowest BCUT2D eigenvalue weighted by Crippen LogP contribution is -2.16. The first-order chi connectivity index (χ1) is 13.0. The average molecular weight is 387 g/mol. The topological polar surface area (TPSA) is 116 Å². The molecule has 0 unspecified atom stereocenters. The summed E-state index contributed by atoms with van der Waals surface area (Å²) in [5.74, 6) is 0.839. The number of hydrogen-bond acceptors (Lipinski definition) is 7. The van der Waals surface area contributed by atoms with Gasteiger partial charge >= 0.3 is 0 Å². The minimum absolute atomic E-state index is 0.0368. The monoisotopic (exact) mass is 387 g/mol. The molecule has 1 amide bonds. The Labute approximate surface area is 158 Å². The first-order valence-electron chi connectivity index (χ1n) is 8.12. The molecule has 0 saturated carbocycles. The van der Waals surface area contributed by atoms with E-state index in [0.29, 0.717) is 16.7 Å². The molecule has 3 rings (SSSR count). The zero-order chi connectivity index (χ0) is 19.4. The van der Waals surface area contributed by atoms with E-state index < -0.39 is 4.92 Å². The first-order valence-corrected chi connectivity index (χ1v) is 9.10. The van der Waals surface area contributed by atoms with E-state index in [4.69, 9.17) is 4.42 Å². The number of benzene rings is 1. The number of hydrogen-bond donors (Lipinski definition) is 1. The first kappa shape index (κ1) is 18.6. The second-order valence-electron chi connectivity index (χ2n) is 5.86. The molecular weight excluding hydrogens is 370 g/mol. The largest absolute Gasteiger partial charge is 0.461 e. The Morgan fingerprint density at radius 2 is 2.07 bits per heavy atom. The minimum atomic E-state index is -0.534. The van der Waals surface area contributed by atoms with Crippen LogP contribution in [0.2, 0.25) is 0 Å². The molecule has 0 bridgehead atoms. The zero-order valence-corrected chi connectivity index (χ0v) is 15.5. The maximum Gasteiger partial charge on any atom is 0.292 e. The number of amides is 1. The maximum absolute atomic E-state index is 12.2. The van der Waals surface area contributed by atoms with E-state index >= 15 is 0 Å². The van der Waals surface area contributed by atoms with Gasteiger partial charge in [0.25, 0.3) is 5.69 Å². The summed E-state index contributed by atoms with van der Waals surface area (Å²) < 4.78 is 7.26. The van der Waals surface area contributed by atoms with Crippen LogP contribution in [-0.4, -0.2) is 31.3 Å². The van der Waals surface area contributed by atoms with Crippen LogP contribution in [0.4, 0.5) is 11.4 Å². The number of para-hydroxylation sites is 2. The molecule has 0 atom stereocenters. The van der Waals surface area contributed by atoms with Gasteiger partial charge in [0.1, 0.15) is 5.69 Å². The van der Waals surface area contributed by atoms with Crippen molar-refractivity contribution >= 4 is 29.0 Å². The zero-order valence-electron chi connectivity index (χ0n) is 14.7. The molecule has 10 heteroatoms. The molecule has 0 fully saturated rings. The SMILES string of the molecule is CC(C)n1c(SCC(=O)Nc2ccccc2[N+](=O)[O-])nnc1-c1ccco1. The van der Waals surface area contributed by atoms with Crippen LogP contribution in [-0.2, 0) is 4.79 Å². The van der Waals surface area contributed by atoms with E-state index in [9.17, 15) is 14.9 Å². The normalized spacial score (nSPS) is 10.9. The number of carbonyl (C=O) groups excluding carboxylic acids is 1. The Bertz CT molecular complexity index is 952. The second kappa shape index (κ2) is 8.04. The summed E-state index contributed by atoms with van der Waals surface area (Å²) in [7, 11) is 0. The summed E-state index contributed by atoms with van der Waals surface area (Å²) in [5, 5.41) is 22.5. The summed E-state index contributed by atoms with van der Waals surface area (Å²) in [6.45, 7) is 3.96. The standard InChI is InChI=1S/C17H17N5O4S/c1-11(2)21-16(14-8-5-9-26-14)19-20-17(21)27-10-15(23)18-12-6-3-4-7-13(12)22(24)25/h3-9,11H,10H2,1-2H3,(H,18,23). The summed E-state index contributed by atoms with van der Waals surface area (Å²) in [6.07, 6.45) is 1.56. The molecule has 27 heavy (non-hydrogen) atoms. The van der Waals surface area contributed by atoms with Crippen LogP contribution in [0.3, 0.4) is 0 Å². The van der Waals surface area contributed by atoms with E-state index in [2.05, 4.69) is 15.5 Å². The highest BCUT2D eigenvalue weighted by Gasteiger charge is 2.20. The fourth-order valence-electron chi connectivity index (χ4n) is 2.47. The lowest BCUT2D eigenvalue weighted by Gasteiger charge is -2.12. The molecule has 0 aliphatic rings. The number of furan rings is 1. The summed E-state index contributed by atoms with van der Waals surface area (Å²) in [5.41, 5.74) is 0.0102. The number of anilines is 1. The van der Waals surface area contributed by atoms with E-state index in [1.807, 2.05) is 18.4 Å². The highest BCUT2D eigenvalue weighted by atomic mass is 32.2. The van der Waals surface area contributed by atoms with Crippen molar-refractivity contribution < 1.29 is 14.1 Å². The van der Waals surface area contributed by atoms with Gasteiger partial charge in [-0.15, -0.1) is 10.2 Å². The molecule has 9 nitrogen and oxygen atoms in total. The van der Waals surface area contributed by atoms with Crippen molar-refractivity contribution in [3.05, 3.63) is 52.8 Å². The molecule has 2 heterocycles. The predicted octanol–water partition coefficient (Wildman–Crippen LogP) is 3.76. The van der Waals surface area contributed by atoms with Crippen LogP contribution in [0.25, 0.3) is 11.6 Å². The molecule has 0 aliphatic carbocycles. The molecular formula is C17H17N5O4S. The van der Waals surface area contributed by atoms with Gasteiger partial charge in [0.05, 0.1) is 16.9 Å². The van der Waals surface area contributed by atoms with Crippen molar-refractivity contribution in [1.82, 2.24) is 14.8 Å².